The Labute approximate surface area is 373 Å². The van der Waals surface area contributed by atoms with Crippen molar-refractivity contribution in [1.82, 2.24) is 45.4 Å². The predicted molar refractivity (Wildman–Crippen MR) is 239 cm³/mol. The van der Waals surface area contributed by atoms with Gasteiger partial charge in [-0.1, -0.05) is 78.9 Å². The number of alkyl carbamates (subject to hydrolysis) is 2. The van der Waals surface area contributed by atoms with Crippen LogP contribution in [0.25, 0.3) is 44.7 Å². The van der Waals surface area contributed by atoms with Crippen molar-refractivity contribution in [2.75, 3.05) is 27.3 Å². The number of benzene rings is 4. The average Bonchev–Trinajstić information content (AvgIpc) is 4.20. The third-order valence-corrected chi connectivity index (χ3v) is 12.1. The van der Waals surface area contributed by atoms with Gasteiger partial charge < -0.3 is 39.9 Å². The number of carbonyl (C=O) groups excluding carboxylic acids is 4. The van der Waals surface area contributed by atoms with Crippen molar-refractivity contribution < 1.29 is 33.0 Å². The summed E-state index contributed by atoms with van der Waals surface area (Å²) in [6.45, 7) is 0.989. The molecule has 0 spiro atoms. The third-order valence-electron chi connectivity index (χ3n) is 12.1. The molecule has 2 aliphatic rings. The Bertz CT molecular complexity index is 2870. The monoisotopic (exact) mass is 875 g/mol. The van der Waals surface area contributed by atoms with Crippen LogP contribution in [0.1, 0.15) is 72.6 Å². The molecule has 0 aliphatic carbocycles. The fraction of sp³-hybridized carbons (Fsp3) is 0.245. The smallest absolute Gasteiger partial charge is 0.407 e. The van der Waals surface area contributed by atoms with Crippen LogP contribution >= 0.6 is 0 Å². The lowest BCUT2D eigenvalue weighted by Gasteiger charge is -2.28. The maximum Gasteiger partial charge on any atom is 0.407 e. The van der Waals surface area contributed by atoms with Gasteiger partial charge in [0.25, 0.3) is 11.8 Å². The number of amides is 4. The van der Waals surface area contributed by atoms with Crippen molar-refractivity contribution in [3.8, 4) is 33.8 Å². The van der Waals surface area contributed by atoms with E-state index in [1.165, 1.54) is 20.3 Å². The van der Waals surface area contributed by atoms with E-state index in [0.717, 1.165) is 23.8 Å². The van der Waals surface area contributed by atoms with Gasteiger partial charge in [0.1, 0.15) is 29.5 Å². The van der Waals surface area contributed by atoms with Gasteiger partial charge in [0.05, 0.1) is 55.1 Å². The van der Waals surface area contributed by atoms with E-state index in [1.54, 1.807) is 58.5 Å². The van der Waals surface area contributed by atoms with Crippen LogP contribution in [0.15, 0.2) is 122 Å². The lowest BCUT2D eigenvalue weighted by atomic mass is 10.0. The summed E-state index contributed by atoms with van der Waals surface area (Å²) in [6, 6.07) is 30.1. The summed E-state index contributed by atoms with van der Waals surface area (Å²) in [4.78, 5) is 76.7. The molecule has 2 saturated heterocycles. The first kappa shape index (κ1) is 42.4. The Hall–Kier alpha value is -7.88. The molecule has 330 valence electrons. The highest BCUT2D eigenvalue weighted by atomic mass is 19.1. The Morgan fingerprint density at radius 1 is 0.692 bits per heavy atom. The van der Waals surface area contributed by atoms with Crippen LogP contribution in [-0.2, 0) is 19.1 Å². The van der Waals surface area contributed by atoms with Gasteiger partial charge in [-0.2, -0.15) is 0 Å². The van der Waals surface area contributed by atoms with Crippen LogP contribution in [0.5, 0.6) is 0 Å². The molecule has 4 aromatic carbocycles. The van der Waals surface area contributed by atoms with Crippen molar-refractivity contribution in [1.29, 1.82) is 0 Å². The van der Waals surface area contributed by atoms with Crippen LogP contribution in [0.4, 0.5) is 14.0 Å². The number of nitrogens with one attached hydrogen (secondary N) is 4. The van der Waals surface area contributed by atoms with E-state index in [9.17, 15) is 19.2 Å². The molecule has 4 amide bonds. The number of H-pyrrole nitrogens is 2. The average molecular weight is 876 g/mol. The number of hydrogen-bond acceptors (Lipinski definition) is 9. The van der Waals surface area contributed by atoms with Crippen molar-refractivity contribution in [2.45, 2.75) is 49.9 Å². The molecule has 2 aliphatic heterocycles. The van der Waals surface area contributed by atoms with E-state index in [4.69, 9.17) is 19.4 Å². The van der Waals surface area contributed by atoms with Gasteiger partial charge in [0.15, 0.2) is 0 Å². The molecule has 4 atom stereocenters. The second-order valence-electron chi connectivity index (χ2n) is 16.0. The van der Waals surface area contributed by atoms with E-state index in [0.29, 0.717) is 82.4 Å². The highest BCUT2D eigenvalue weighted by molar-refractivity contribution is 5.89. The molecule has 5 heterocycles. The topological polar surface area (TPSA) is 188 Å². The summed E-state index contributed by atoms with van der Waals surface area (Å²) in [5.41, 5.74) is 5.54. The van der Waals surface area contributed by atoms with E-state index in [-0.39, 0.29) is 17.9 Å². The minimum atomic E-state index is -0.952. The number of hydrogen-bond donors (Lipinski definition) is 4. The van der Waals surface area contributed by atoms with E-state index in [1.807, 2.05) is 66.9 Å². The fourth-order valence-electron chi connectivity index (χ4n) is 8.82. The molecule has 0 saturated carbocycles. The number of halogens is 1. The molecular weight excluding hydrogens is 830 g/mol. The summed E-state index contributed by atoms with van der Waals surface area (Å²) >= 11 is 0. The predicted octanol–water partition coefficient (Wildman–Crippen LogP) is 8.34. The molecule has 15 nitrogen and oxygen atoms in total. The van der Waals surface area contributed by atoms with Crippen LogP contribution in [-0.4, -0.2) is 86.0 Å². The number of carbonyl (C=O) groups is 4. The lowest BCUT2D eigenvalue weighted by Crippen LogP contribution is -2.42. The summed E-state index contributed by atoms with van der Waals surface area (Å²) in [5.74, 6) is 0.176. The number of imidazole rings is 2. The first-order valence-electron chi connectivity index (χ1n) is 21.4. The summed E-state index contributed by atoms with van der Waals surface area (Å²) < 4.78 is 25.6. The number of likely N-dealkylation sites (tertiary alicyclic amines) is 2. The number of fused-ring (bicyclic) bond motifs is 1. The largest absolute Gasteiger partial charge is 0.453 e. The van der Waals surface area contributed by atoms with Crippen molar-refractivity contribution in [2.24, 2.45) is 0 Å². The first-order valence-corrected chi connectivity index (χ1v) is 21.4. The Balaban J connectivity index is 0.890. The molecule has 0 radical (unpaired) electrons. The molecule has 9 rings (SSSR count). The number of aromatic amines is 2. The normalized spacial score (nSPS) is 16.8. The summed E-state index contributed by atoms with van der Waals surface area (Å²) in [6.07, 6.45) is 4.86. The van der Waals surface area contributed by atoms with Crippen molar-refractivity contribution >= 4 is 34.9 Å². The molecule has 7 aromatic rings. The van der Waals surface area contributed by atoms with Gasteiger partial charge in [-0.25, -0.2) is 28.9 Å². The van der Waals surface area contributed by atoms with E-state index >= 15 is 4.39 Å². The lowest BCUT2D eigenvalue weighted by molar-refractivity contribution is -0.135. The molecule has 4 N–H and O–H groups in total. The fourth-order valence-corrected chi connectivity index (χ4v) is 8.82. The van der Waals surface area contributed by atoms with Gasteiger partial charge in [0.2, 0.25) is 0 Å². The van der Waals surface area contributed by atoms with Crippen LogP contribution < -0.4 is 10.6 Å². The number of methoxy groups -OCH3 is 2. The van der Waals surface area contributed by atoms with E-state index < -0.39 is 36.1 Å². The molecule has 16 heteroatoms. The summed E-state index contributed by atoms with van der Waals surface area (Å²) in [7, 11) is 2.52. The molecule has 2 fully saturated rings. The Kier molecular flexibility index (Phi) is 12.0. The molecule has 65 heavy (non-hydrogen) atoms. The molecule has 0 bridgehead atoms. The van der Waals surface area contributed by atoms with Crippen LogP contribution in [0.3, 0.4) is 0 Å². The number of nitrogens with zero attached hydrogens (tertiary/aromatic N) is 5. The standard InChI is InChI=1S/C49H46FN9O6/c1-64-48(62)56-42(29-11-5-3-6-12-29)46(60)58-23-9-15-40(58)44-51-27-38(54-44)32-19-22-36-31(25-32)18-21-37(53-36)33-17-20-34(35(50)26-33)39-28-52-45(55-39)41-16-10-24-59(41)47(61)43(57-49(63)65-2)30-13-7-4-8-14-30/h3-8,11-14,17-22,25-28,40-43H,9-10,15-16,23-24H2,1-2H3,(H,51,54)(H,52,55)(H,56,62)(H,57,63)/t40?,41-,42+,43+/m0/s1. The Morgan fingerprint density at radius 3 is 1.88 bits per heavy atom. The zero-order chi connectivity index (χ0) is 45.0. The Morgan fingerprint density at radius 2 is 1.28 bits per heavy atom. The molecular formula is C49H46FN9O6. The van der Waals surface area contributed by atoms with E-state index in [2.05, 4.69) is 25.6 Å². The number of ether oxygens (including phenoxy) is 2. The van der Waals surface area contributed by atoms with Crippen LogP contribution in [0.2, 0.25) is 0 Å². The number of pyridine rings is 1. The first-order chi connectivity index (χ1) is 31.7. The molecule has 3 aromatic heterocycles. The minimum Gasteiger partial charge on any atom is -0.453 e. The highest BCUT2D eigenvalue weighted by Crippen LogP contribution is 2.37. The van der Waals surface area contributed by atoms with Gasteiger partial charge in [0, 0.05) is 41.4 Å². The van der Waals surface area contributed by atoms with Gasteiger partial charge in [-0.15, -0.1) is 0 Å². The second-order valence-corrected chi connectivity index (χ2v) is 16.0. The number of rotatable bonds is 11. The van der Waals surface area contributed by atoms with Gasteiger partial charge in [-0.3, -0.25) is 9.59 Å². The maximum absolute atomic E-state index is 15.9. The highest BCUT2D eigenvalue weighted by Gasteiger charge is 2.38. The minimum absolute atomic E-state index is 0.244. The van der Waals surface area contributed by atoms with Crippen LogP contribution in [0, 0.1) is 5.82 Å². The SMILES string of the molecule is COC(=O)N[C@@H](C(=O)N1CCCC1c1nc(-c2ccc3nc(-c4ccc(-c5cnc([C@@H]6CCCN6C(=O)[C@H](NC(=O)OC)c6ccccc6)[nH]5)c(F)c4)ccc3c2)c[nH]1)c1ccccc1. The summed E-state index contributed by atoms with van der Waals surface area (Å²) in [5, 5.41) is 6.24. The third kappa shape index (κ3) is 8.74. The quantitative estimate of drug-likeness (QED) is 0.0991. The maximum atomic E-state index is 15.9. The van der Waals surface area contributed by atoms with Crippen molar-refractivity contribution in [3.63, 3.8) is 0 Å². The zero-order valence-corrected chi connectivity index (χ0v) is 35.7. The number of aromatic nitrogens is 5. The van der Waals surface area contributed by atoms with Gasteiger partial charge in [-0.05, 0) is 67.1 Å². The van der Waals surface area contributed by atoms with Gasteiger partial charge >= 0.3 is 12.2 Å². The molecule has 1 unspecified atom stereocenters. The second kappa shape index (κ2) is 18.5. The zero-order valence-electron chi connectivity index (χ0n) is 35.7. The van der Waals surface area contributed by atoms with Crippen molar-refractivity contribution in [3.05, 3.63) is 150 Å².